The van der Waals surface area contributed by atoms with Crippen molar-refractivity contribution in [3.8, 4) is 11.8 Å². The number of aliphatic carboxylic acids is 1. The molecule has 0 aliphatic carbocycles. The zero-order valence-electron chi connectivity index (χ0n) is 6.33. The molecule has 0 amide bonds. The summed E-state index contributed by atoms with van der Waals surface area (Å²) in [6, 6.07) is 0. The van der Waals surface area contributed by atoms with Crippen LogP contribution >= 0.6 is 0 Å². The first-order valence-electron chi connectivity index (χ1n) is 3.58. The molecule has 1 aliphatic rings. The van der Waals surface area contributed by atoms with Crippen LogP contribution in [0, 0.1) is 11.8 Å². The number of carbonyl (C=O) groups is 1. The summed E-state index contributed by atoms with van der Waals surface area (Å²) in [5.74, 6) is 3.50. The van der Waals surface area contributed by atoms with Crippen LogP contribution in [0.1, 0.15) is 19.8 Å². The molecule has 0 saturated carbocycles. The van der Waals surface area contributed by atoms with Gasteiger partial charge in [0, 0.05) is 5.92 Å². The topological polar surface area (TPSA) is 46.5 Å². The number of rotatable bonds is 0. The highest BCUT2D eigenvalue weighted by atomic mass is 16.5. The molecular weight excluding hydrogens is 144 g/mol. The molecule has 60 valence electrons. The maximum Gasteiger partial charge on any atom is 0.381 e. The van der Waals surface area contributed by atoms with E-state index in [0.29, 0.717) is 0 Å². The SMILES string of the molecule is CC1CCC(C#CC(=O)O)O1. The van der Waals surface area contributed by atoms with E-state index < -0.39 is 5.97 Å². The molecule has 11 heavy (non-hydrogen) atoms. The van der Waals surface area contributed by atoms with Crippen molar-refractivity contribution in [2.45, 2.75) is 32.0 Å². The Bertz CT molecular complexity index is 211. The van der Waals surface area contributed by atoms with Gasteiger partial charge in [0.1, 0.15) is 6.10 Å². The van der Waals surface area contributed by atoms with Gasteiger partial charge in [0.25, 0.3) is 0 Å². The van der Waals surface area contributed by atoms with E-state index in [-0.39, 0.29) is 12.2 Å². The summed E-state index contributed by atoms with van der Waals surface area (Å²) in [5, 5.41) is 8.21. The Labute approximate surface area is 65.4 Å². The zero-order valence-corrected chi connectivity index (χ0v) is 6.33. The van der Waals surface area contributed by atoms with Crippen LogP contribution in [-0.2, 0) is 9.53 Å². The maximum atomic E-state index is 10.0. The molecule has 1 N–H and O–H groups in total. The van der Waals surface area contributed by atoms with Crippen molar-refractivity contribution in [2.24, 2.45) is 0 Å². The zero-order chi connectivity index (χ0) is 8.27. The van der Waals surface area contributed by atoms with Crippen LogP contribution in [0.3, 0.4) is 0 Å². The van der Waals surface area contributed by atoms with Gasteiger partial charge in [-0.3, -0.25) is 0 Å². The molecule has 0 aromatic rings. The average Bonchev–Trinajstić information content (AvgIpc) is 2.31. The van der Waals surface area contributed by atoms with E-state index in [0.717, 1.165) is 12.8 Å². The summed E-state index contributed by atoms with van der Waals surface area (Å²) >= 11 is 0. The van der Waals surface area contributed by atoms with E-state index >= 15 is 0 Å². The second-order valence-corrected chi connectivity index (χ2v) is 2.59. The minimum atomic E-state index is -1.09. The standard InChI is InChI=1S/C8H10O3/c1-6-2-3-7(11-6)4-5-8(9)10/h6-7H,2-3H2,1H3,(H,9,10). The van der Waals surface area contributed by atoms with E-state index in [4.69, 9.17) is 9.84 Å². The Morgan fingerprint density at radius 2 is 2.36 bits per heavy atom. The summed E-state index contributed by atoms with van der Waals surface area (Å²) in [6.07, 6.45) is 1.88. The van der Waals surface area contributed by atoms with Crippen molar-refractivity contribution < 1.29 is 14.6 Å². The summed E-state index contributed by atoms with van der Waals surface area (Å²) < 4.78 is 5.27. The second-order valence-electron chi connectivity index (χ2n) is 2.59. The molecule has 3 heteroatoms. The normalized spacial score (nSPS) is 29.2. The molecular formula is C8H10O3. The van der Waals surface area contributed by atoms with E-state index in [9.17, 15) is 4.79 Å². The van der Waals surface area contributed by atoms with Gasteiger partial charge in [0.15, 0.2) is 0 Å². The fourth-order valence-electron chi connectivity index (χ4n) is 1.05. The maximum absolute atomic E-state index is 10.0. The van der Waals surface area contributed by atoms with Crippen LogP contribution in [0.25, 0.3) is 0 Å². The minimum Gasteiger partial charge on any atom is -0.472 e. The van der Waals surface area contributed by atoms with Gasteiger partial charge in [0.05, 0.1) is 6.10 Å². The van der Waals surface area contributed by atoms with Crippen LogP contribution in [0.15, 0.2) is 0 Å². The number of carboxylic acid groups (broad SMARTS) is 1. The Morgan fingerprint density at radius 1 is 1.64 bits per heavy atom. The lowest BCUT2D eigenvalue weighted by Crippen LogP contribution is -2.05. The predicted molar refractivity (Wildman–Crippen MR) is 39.0 cm³/mol. The van der Waals surface area contributed by atoms with Gasteiger partial charge in [-0.05, 0) is 19.8 Å². The summed E-state index contributed by atoms with van der Waals surface area (Å²) in [6.45, 7) is 1.96. The first kappa shape index (κ1) is 8.09. The summed E-state index contributed by atoms with van der Waals surface area (Å²) in [4.78, 5) is 10.0. The Kier molecular flexibility index (Phi) is 2.50. The Morgan fingerprint density at radius 3 is 2.82 bits per heavy atom. The first-order chi connectivity index (χ1) is 5.18. The molecule has 3 nitrogen and oxygen atoms in total. The monoisotopic (exact) mass is 154 g/mol. The Balaban J connectivity index is 2.41. The molecule has 0 bridgehead atoms. The number of hydrogen-bond acceptors (Lipinski definition) is 2. The fraction of sp³-hybridized carbons (Fsp3) is 0.625. The number of carboxylic acids is 1. The molecule has 2 unspecified atom stereocenters. The van der Waals surface area contributed by atoms with Gasteiger partial charge >= 0.3 is 5.97 Å². The van der Waals surface area contributed by atoms with Crippen molar-refractivity contribution in [3.05, 3.63) is 0 Å². The number of ether oxygens (including phenoxy) is 1. The highest BCUT2D eigenvalue weighted by molar-refractivity contribution is 5.86. The van der Waals surface area contributed by atoms with Crippen LogP contribution in [0.2, 0.25) is 0 Å². The lowest BCUT2D eigenvalue weighted by atomic mass is 10.2. The van der Waals surface area contributed by atoms with Crippen LogP contribution in [-0.4, -0.2) is 23.3 Å². The predicted octanol–water partition coefficient (Wildman–Crippen LogP) is 0.642. The first-order valence-corrected chi connectivity index (χ1v) is 3.58. The lowest BCUT2D eigenvalue weighted by molar-refractivity contribution is -0.130. The molecule has 0 radical (unpaired) electrons. The third-order valence-electron chi connectivity index (χ3n) is 1.57. The van der Waals surface area contributed by atoms with E-state index in [1.165, 1.54) is 0 Å². The van der Waals surface area contributed by atoms with Gasteiger partial charge in [-0.1, -0.05) is 5.92 Å². The molecule has 0 aromatic heterocycles. The van der Waals surface area contributed by atoms with Gasteiger partial charge < -0.3 is 9.84 Å². The van der Waals surface area contributed by atoms with Gasteiger partial charge in [0.2, 0.25) is 0 Å². The molecule has 1 heterocycles. The van der Waals surface area contributed by atoms with E-state index in [1.54, 1.807) is 0 Å². The third kappa shape index (κ3) is 2.60. The summed E-state index contributed by atoms with van der Waals surface area (Å²) in [7, 11) is 0. The molecule has 1 fully saturated rings. The van der Waals surface area contributed by atoms with Crippen LogP contribution < -0.4 is 0 Å². The van der Waals surface area contributed by atoms with Crippen LogP contribution in [0.4, 0.5) is 0 Å². The third-order valence-corrected chi connectivity index (χ3v) is 1.57. The lowest BCUT2D eigenvalue weighted by Gasteiger charge is -2.01. The largest absolute Gasteiger partial charge is 0.472 e. The molecule has 0 aromatic carbocycles. The quantitative estimate of drug-likeness (QED) is 0.521. The smallest absolute Gasteiger partial charge is 0.381 e. The van der Waals surface area contributed by atoms with E-state index in [2.05, 4.69) is 5.92 Å². The highest BCUT2D eigenvalue weighted by Crippen LogP contribution is 2.17. The van der Waals surface area contributed by atoms with Crippen molar-refractivity contribution in [1.29, 1.82) is 0 Å². The summed E-state index contributed by atoms with van der Waals surface area (Å²) in [5.41, 5.74) is 0. The average molecular weight is 154 g/mol. The molecule has 0 spiro atoms. The number of hydrogen-bond donors (Lipinski definition) is 1. The van der Waals surface area contributed by atoms with Crippen LogP contribution in [0.5, 0.6) is 0 Å². The second kappa shape index (κ2) is 3.40. The molecule has 1 saturated heterocycles. The van der Waals surface area contributed by atoms with Crippen molar-refractivity contribution >= 4 is 5.97 Å². The van der Waals surface area contributed by atoms with Gasteiger partial charge in [-0.25, -0.2) is 4.79 Å². The van der Waals surface area contributed by atoms with Crippen molar-refractivity contribution in [2.75, 3.05) is 0 Å². The van der Waals surface area contributed by atoms with Crippen molar-refractivity contribution in [1.82, 2.24) is 0 Å². The Hall–Kier alpha value is -1.01. The highest BCUT2D eigenvalue weighted by Gasteiger charge is 2.19. The molecule has 1 rings (SSSR count). The fourth-order valence-corrected chi connectivity index (χ4v) is 1.05. The van der Waals surface area contributed by atoms with Crippen molar-refractivity contribution in [3.63, 3.8) is 0 Å². The minimum absolute atomic E-state index is 0.166. The molecule has 1 aliphatic heterocycles. The molecule has 2 atom stereocenters. The van der Waals surface area contributed by atoms with Gasteiger partial charge in [-0.2, -0.15) is 0 Å². The van der Waals surface area contributed by atoms with E-state index in [1.807, 2.05) is 12.8 Å². The van der Waals surface area contributed by atoms with Gasteiger partial charge in [-0.15, -0.1) is 0 Å².